The normalized spacial score (nSPS) is 21.9. The van der Waals surface area contributed by atoms with E-state index in [2.05, 4.69) is 24.3 Å². The van der Waals surface area contributed by atoms with E-state index in [0.29, 0.717) is 23.2 Å². The zero-order valence-corrected chi connectivity index (χ0v) is 18.2. The van der Waals surface area contributed by atoms with Crippen molar-refractivity contribution in [2.75, 3.05) is 26.2 Å². The molecular formula is C22H28N2O3S2. The molecule has 5 nitrogen and oxygen atoms in total. The molecule has 1 aromatic carbocycles. The van der Waals surface area contributed by atoms with Gasteiger partial charge in [-0.3, -0.25) is 4.79 Å². The van der Waals surface area contributed by atoms with Crippen molar-refractivity contribution >= 4 is 27.3 Å². The first-order chi connectivity index (χ1) is 14.0. The Balaban J connectivity index is 1.33. The van der Waals surface area contributed by atoms with Crippen molar-refractivity contribution in [2.24, 2.45) is 11.8 Å². The molecule has 0 N–H and O–H groups in total. The van der Waals surface area contributed by atoms with Gasteiger partial charge in [0.2, 0.25) is 5.91 Å². The number of likely N-dealkylation sites (tertiary alicyclic amines) is 1. The van der Waals surface area contributed by atoms with E-state index in [1.807, 2.05) is 11.0 Å². The predicted octanol–water partition coefficient (Wildman–Crippen LogP) is 3.63. The van der Waals surface area contributed by atoms with Crippen molar-refractivity contribution in [3.63, 3.8) is 0 Å². The third-order valence-electron chi connectivity index (χ3n) is 6.12. The fraction of sp³-hybridized carbons (Fsp3) is 0.500. The fourth-order valence-corrected chi connectivity index (χ4v) is 7.13. The molecule has 2 aliphatic heterocycles. The number of nitrogens with zero attached hydrogens (tertiary/aromatic N) is 2. The van der Waals surface area contributed by atoms with Crippen LogP contribution in [-0.4, -0.2) is 49.7 Å². The van der Waals surface area contributed by atoms with E-state index in [-0.39, 0.29) is 11.8 Å². The van der Waals surface area contributed by atoms with Crippen molar-refractivity contribution in [3.05, 3.63) is 53.4 Å². The molecule has 1 aromatic heterocycles. The Morgan fingerprint density at radius 1 is 1.00 bits per heavy atom. The highest BCUT2D eigenvalue weighted by Crippen LogP contribution is 2.29. The van der Waals surface area contributed by atoms with E-state index in [1.165, 1.54) is 21.2 Å². The third-order valence-corrected chi connectivity index (χ3v) is 9.35. The van der Waals surface area contributed by atoms with Gasteiger partial charge in [-0.1, -0.05) is 36.4 Å². The fourth-order valence-electron chi connectivity index (χ4n) is 4.46. The summed E-state index contributed by atoms with van der Waals surface area (Å²) in [6.07, 6.45) is 4.62. The predicted molar refractivity (Wildman–Crippen MR) is 115 cm³/mol. The average Bonchev–Trinajstić information content (AvgIpc) is 3.31. The van der Waals surface area contributed by atoms with E-state index in [9.17, 15) is 13.2 Å². The lowest BCUT2D eigenvalue weighted by Crippen LogP contribution is -2.48. The molecule has 2 aromatic rings. The summed E-state index contributed by atoms with van der Waals surface area (Å²) in [5.74, 6) is 0.530. The van der Waals surface area contributed by atoms with E-state index in [4.69, 9.17) is 0 Å². The summed E-state index contributed by atoms with van der Waals surface area (Å²) in [7, 11) is -3.48. The molecular weight excluding hydrogens is 404 g/mol. The van der Waals surface area contributed by atoms with Crippen molar-refractivity contribution < 1.29 is 13.2 Å². The van der Waals surface area contributed by atoms with Gasteiger partial charge in [0.25, 0.3) is 10.0 Å². The summed E-state index contributed by atoms with van der Waals surface area (Å²) < 4.78 is 27.5. The quantitative estimate of drug-likeness (QED) is 0.725. The molecule has 2 fully saturated rings. The van der Waals surface area contributed by atoms with Crippen LogP contribution in [0.15, 0.2) is 52.1 Å². The van der Waals surface area contributed by atoms with Gasteiger partial charge in [0.1, 0.15) is 4.21 Å². The number of hydrogen-bond donors (Lipinski definition) is 0. The molecule has 29 heavy (non-hydrogen) atoms. The molecule has 2 saturated heterocycles. The van der Waals surface area contributed by atoms with Gasteiger partial charge < -0.3 is 4.90 Å². The number of amides is 1. The van der Waals surface area contributed by atoms with Gasteiger partial charge in [-0.05, 0) is 55.0 Å². The lowest BCUT2D eigenvalue weighted by molar-refractivity contribution is -0.138. The molecule has 1 amide bonds. The van der Waals surface area contributed by atoms with Crippen LogP contribution in [0.1, 0.15) is 31.2 Å². The Labute approximate surface area is 177 Å². The van der Waals surface area contributed by atoms with Gasteiger partial charge in [-0.2, -0.15) is 4.31 Å². The second-order valence-electron chi connectivity index (χ2n) is 8.09. The van der Waals surface area contributed by atoms with Crippen LogP contribution in [0.5, 0.6) is 0 Å². The summed E-state index contributed by atoms with van der Waals surface area (Å²) >= 11 is 1.24. The molecule has 4 rings (SSSR count). The van der Waals surface area contributed by atoms with Crippen LogP contribution in [0, 0.1) is 11.8 Å². The van der Waals surface area contributed by atoms with Crippen molar-refractivity contribution in [3.8, 4) is 0 Å². The Kier molecular flexibility index (Phi) is 6.37. The molecule has 2 aliphatic rings. The number of hydrogen-bond acceptors (Lipinski definition) is 4. The highest BCUT2D eigenvalue weighted by molar-refractivity contribution is 7.91. The molecule has 0 radical (unpaired) electrons. The molecule has 3 heterocycles. The minimum absolute atomic E-state index is 0.134. The van der Waals surface area contributed by atoms with E-state index < -0.39 is 10.0 Å². The first-order valence-corrected chi connectivity index (χ1v) is 12.7. The van der Waals surface area contributed by atoms with Crippen LogP contribution in [0.2, 0.25) is 0 Å². The summed E-state index contributed by atoms with van der Waals surface area (Å²) in [6.45, 7) is 2.38. The maximum atomic E-state index is 13.1. The topological polar surface area (TPSA) is 57.7 Å². The van der Waals surface area contributed by atoms with Crippen LogP contribution < -0.4 is 0 Å². The van der Waals surface area contributed by atoms with Gasteiger partial charge in [0, 0.05) is 26.2 Å². The molecule has 7 heteroatoms. The monoisotopic (exact) mass is 432 g/mol. The summed E-state index contributed by atoms with van der Waals surface area (Å²) in [6, 6.07) is 13.9. The summed E-state index contributed by atoms with van der Waals surface area (Å²) in [5, 5.41) is 1.78. The molecule has 0 aliphatic carbocycles. The Morgan fingerprint density at radius 3 is 2.45 bits per heavy atom. The summed E-state index contributed by atoms with van der Waals surface area (Å²) in [4.78, 5) is 15.0. The minimum Gasteiger partial charge on any atom is -0.342 e. The van der Waals surface area contributed by atoms with E-state index in [1.54, 1.807) is 17.5 Å². The van der Waals surface area contributed by atoms with Crippen LogP contribution in [-0.2, 0) is 21.2 Å². The molecule has 0 bridgehead atoms. The maximum Gasteiger partial charge on any atom is 0.252 e. The molecule has 0 saturated carbocycles. The number of sulfonamides is 1. The van der Waals surface area contributed by atoms with Crippen molar-refractivity contribution in [2.45, 2.75) is 36.3 Å². The number of benzene rings is 1. The molecule has 1 unspecified atom stereocenters. The number of rotatable bonds is 5. The van der Waals surface area contributed by atoms with E-state index in [0.717, 1.165) is 45.2 Å². The SMILES string of the molecule is O=C(C1CCCN(S(=O)(=O)c2cccs2)C1)N1CCC(Cc2ccccc2)CC1. The van der Waals surface area contributed by atoms with E-state index >= 15 is 0 Å². The zero-order valence-electron chi connectivity index (χ0n) is 16.6. The van der Waals surface area contributed by atoms with Gasteiger partial charge in [0.05, 0.1) is 5.92 Å². The van der Waals surface area contributed by atoms with Crippen LogP contribution >= 0.6 is 11.3 Å². The summed E-state index contributed by atoms with van der Waals surface area (Å²) in [5.41, 5.74) is 1.36. The lowest BCUT2D eigenvalue weighted by atomic mass is 9.89. The first-order valence-electron chi connectivity index (χ1n) is 10.4. The average molecular weight is 433 g/mol. The Bertz CT molecular complexity index is 905. The van der Waals surface area contributed by atoms with Crippen LogP contribution in [0.4, 0.5) is 0 Å². The number of carbonyl (C=O) groups excluding carboxylic acids is 1. The Hall–Kier alpha value is -1.70. The van der Waals surface area contributed by atoms with Crippen molar-refractivity contribution in [1.82, 2.24) is 9.21 Å². The number of carbonyl (C=O) groups is 1. The first kappa shape index (κ1) is 20.6. The number of thiophene rings is 1. The lowest BCUT2D eigenvalue weighted by Gasteiger charge is -2.37. The second-order valence-corrected chi connectivity index (χ2v) is 11.2. The minimum atomic E-state index is -3.48. The van der Waals surface area contributed by atoms with Crippen LogP contribution in [0.3, 0.4) is 0 Å². The van der Waals surface area contributed by atoms with Gasteiger partial charge >= 0.3 is 0 Å². The van der Waals surface area contributed by atoms with Gasteiger partial charge in [0.15, 0.2) is 0 Å². The van der Waals surface area contributed by atoms with Crippen molar-refractivity contribution in [1.29, 1.82) is 0 Å². The smallest absolute Gasteiger partial charge is 0.252 e. The second kappa shape index (κ2) is 8.98. The zero-order chi connectivity index (χ0) is 20.3. The maximum absolute atomic E-state index is 13.1. The highest BCUT2D eigenvalue weighted by atomic mass is 32.2. The molecule has 156 valence electrons. The third kappa shape index (κ3) is 4.73. The van der Waals surface area contributed by atoms with Gasteiger partial charge in [-0.25, -0.2) is 8.42 Å². The number of piperidine rings is 2. The molecule has 0 spiro atoms. The largest absolute Gasteiger partial charge is 0.342 e. The van der Waals surface area contributed by atoms with Crippen LogP contribution in [0.25, 0.3) is 0 Å². The molecule has 1 atom stereocenters. The highest BCUT2D eigenvalue weighted by Gasteiger charge is 2.36. The standard InChI is InChI=1S/C22H28N2O3S2/c25-22(23-13-10-19(11-14-23)16-18-6-2-1-3-7-18)20-8-4-12-24(17-20)29(26,27)21-9-5-15-28-21/h1-3,5-7,9,15,19-20H,4,8,10-14,16-17H2. The van der Waals surface area contributed by atoms with Gasteiger partial charge in [-0.15, -0.1) is 11.3 Å². The Morgan fingerprint density at radius 2 is 1.76 bits per heavy atom.